The zero-order chi connectivity index (χ0) is 14.5. The number of piperidine rings is 1. The Morgan fingerprint density at radius 2 is 2.00 bits per heavy atom. The molecule has 108 valence electrons. The van der Waals surface area contributed by atoms with Gasteiger partial charge in [0.1, 0.15) is 6.04 Å². The number of hydrogen-bond donors (Lipinski definition) is 2. The van der Waals surface area contributed by atoms with Gasteiger partial charge in [-0.1, -0.05) is 18.6 Å². The molecule has 0 saturated carbocycles. The third kappa shape index (κ3) is 3.36. The molecule has 0 radical (unpaired) electrons. The van der Waals surface area contributed by atoms with Crippen LogP contribution in [0.3, 0.4) is 0 Å². The molecule has 0 bridgehead atoms. The van der Waals surface area contributed by atoms with Crippen molar-refractivity contribution in [3.05, 3.63) is 35.4 Å². The van der Waals surface area contributed by atoms with E-state index in [-0.39, 0.29) is 11.9 Å². The second-order valence-corrected chi connectivity index (χ2v) is 5.10. The van der Waals surface area contributed by atoms with E-state index in [2.05, 4.69) is 5.32 Å². The molecule has 0 aromatic heterocycles. The minimum atomic E-state index is -0.744. The molecule has 1 unspecified atom stereocenters. The summed E-state index contributed by atoms with van der Waals surface area (Å²) >= 11 is 0. The smallest absolute Gasteiger partial charge is 0.320 e. The number of nitrogens with zero attached hydrogens (tertiary/aromatic N) is 1. The molecule has 0 aliphatic carbocycles. The standard InChI is InChI=1S/C15H20N2O3/c1-16-14(18)12-7-5-11(6-8-12)10-17-9-3-2-4-13(17)15(19)20/h5-8,13H,2-4,9-10H2,1H3,(H,16,18)(H,19,20). The maximum atomic E-state index is 11.5. The highest BCUT2D eigenvalue weighted by Crippen LogP contribution is 2.20. The minimum Gasteiger partial charge on any atom is -0.480 e. The third-order valence-corrected chi connectivity index (χ3v) is 3.73. The van der Waals surface area contributed by atoms with Crippen LogP contribution in [-0.2, 0) is 11.3 Å². The van der Waals surface area contributed by atoms with Crippen molar-refractivity contribution in [2.45, 2.75) is 31.8 Å². The van der Waals surface area contributed by atoms with E-state index in [0.717, 1.165) is 24.9 Å². The van der Waals surface area contributed by atoms with Crippen molar-refractivity contribution in [1.29, 1.82) is 0 Å². The number of likely N-dealkylation sites (tertiary alicyclic amines) is 1. The summed E-state index contributed by atoms with van der Waals surface area (Å²) in [6.07, 6.45) is 2.73. The average molecular weight is 276 g/mol. The Morgan fingerprint density at radius 3 is 2.60 bits per heavy atom. The zero-order valence-corrected chi connectivity index (χ0v) is 11.6. The van der Waals surface area contributed by atoms with Crippen LogP contribution in [0.1, 0.15) is 35.2 Å². The molecule has 5 nitrogen and oxygen atoms in total. The lowest BCUT2D eigenvalue weighted by atomic mass is 10.0. The lowest BCUT2D eigenvalue weighted by molar-refractivity contribution is -0.144. The lowest BCUT2D eigenvalue weighted by Crippen LogP contribution is -2.43. The van der Waals surface area contributed by atoms with E-state index in [1.165, 1.54) is 0 Å². The summed E-state index contributed by atoms with van der Waals surface area (Å²) < 4.78 is 0. The molecular formula is C15H20N2O3. The van der Waals surface area contributed by atoms with Crippen LogP contribution in [-0.4, -0.2) is 41.5 Å². The van der Waals surface area contributed by atoms with Crippen LogP contribution in [0.2, 0.25) is 0 Å². The van der Waals surface area contributed by atoms with Crippen molar-refractivity contribution in [3.63, 3.8) is 0 Å². The van der Waals surface area contributed by atoms with Gasteiger partial charge < -0.3 is 10.4 Å². The number of rotatable bonds is 4. The van der Waals surface area contributed by atoms with Gasteiger partial charge in [0.2, 0.25) is 0 Å². The molecular weight excluding hydrogens is 256 g/mol. The normalized spacial score (nSPS) is 19.6. The number of carbonyl (C=O) groups excluding carboxylic acids is 1. The molecule has 1 saturated heterocycles. The average Bonchev–Trinajstić information content (AvgIpc) is 2.47. The summed E-state index contributed by atoms with van der Waals surface area (Å²) in [6.45, 7) is 1.43. The second-order valence-electron chi connectivity index (χ2n) is 5.10. The van der Waals surface area contributed by atoms with E-state index >= 15 is 0 Å². The summed E-state index contributed by atoms with van der Waals surface area (Å²) in [4.78, 5) is 24.7. The number of nitrogens with one attached hydrogen (secondary N) is 1. The Morgan fingerprint density at radius 1 is 1.30 bits per heavy atom. The largest absolute Gasteiger partial charge is 0.480 e. The fourth-order valence-corrected chi connectivity index (χ4v) is 2.60. The Kier molecular flexibility index (Phi) is 4.74. The number of amides is 1. The molecule has 1 aromatic carbocycles. The zero-order valence-electron chi connectivity index (χ0n) is 11.6. The molecule has 2 N–H and O–H groups in total. The lowest BCUT2D eigenvalue weighted by Gasteiger charge is -2.32. The van der Waals surface area contributed by atoms with Crippen LogP contribution in [0, 0.1) is 0 Å². The summed E-state index contributed by atoms with van der Waals surface area (Å²) in [7, 11) is 1.60. The van der Waals surface area contributed by atoms with Gasteiger partial charge in [-0.2, -0.15) is 0 Å². The molecule has 1 aliphatic rings. The topological polar surface area (TPSA) is 69.6 Å². The van der Waals surface area contributed by atoms with Gasteiger partial charge in [0, 0.05) is 19.2 Å². The van der Waals surface area contributed by atoms with Gasteiger partial charge >= 0.3 is 5.97 Å². The highest BCUT2D eigenvalue weighted by Gasteiger charge is 2.28. The first-order valence-electron chi connectivity index (χ1n) is 6.89. The molecule has 1 atom stereocenters. The van der Waals surface area contributed by atoms with Gasteiger partial charge in [0.05, 0.1) is 0 Å². The molecule has 1 fully saturated rings. The highest BCUT2D eigenvalue weighted by molar-refractivity contribution is 5.93. The number of hydrogen-bond acceptors (Lipinski definition) is 3. The van der Waals surface area contributed by atoms with Crippen molar-refractivity contribution in [2.75, 3.05) is 13.6 Å². The van der Waals surface area contributed by atoms with Gasteiger partial charge in [-0.3, -0.25) is 14.5 Å². The number of carbonyl (C=O) groups is 2. The highest BCUT2D eigenvalue weighted by atomic mass is 16.4. The molecule has 5 heteroatoms. The van der Waals surface area contributed by atoms with Crippen LogP contribution in [0.4, 0.5) is 0 Å². The van der Waals surface area contributed by atoms with Gasteiger partial charge in [-0.15, -0.1) is 0 Å². The van der Waals surface area contributed by atoms with Gasteiger partial charge in [-0.05, 0) is 37.1 Å². The second kappa shape index (κ2) is 6.52. The SMILES string of the molecule is CNC(=O)c1ccc(CN2CCCCC2C(=O)O)cc1. The predicted molar refractivity (Wildman–Crippen MR) is 75.5 cm³/mol. The molecule has 1 aliphatic heterocycles. The first-order chi connectivity index (χ1) is 9.61. The molecule has 1 heterocycles. The molecule has 1 amide bonds. The minimum absolute atomic E-state index is 0.113. The van der Waals surface area contributed by atoms with Gasteiger partial charge in [0.15, 0.2) is 0 Å². The summed E-state index contributed by atoms with van der Waals surface area (Å²) in [5.74, 6) is -0.857. The van der Waals surface area contributed by atoms with Gasteiger partial charge in [-0.25, -0.2) is 0 Å². The van der Waals surface area contributed by atoms with E-state index in [0.29, 0.717) is 18.5 Å². The third-order valence-electron chi connectivity index (χ3n) is 3.73. The maximum absolute atomic E-state index is 11.5. The first kappa shape index (κ1) is 14.5. The van der Waals surface area contributed by atoms with Crippen molar-refractivity contribution in [1.82, 2.24) is 10.2 Å². The molecule has 1 aromatic rings. The van der Waals surface area contributed by atoms with E-state index in [1.807, 2.05) is 17.0 Å². The number of carboxylic acids is 1. The van der Waals surface area contributed by atoms with E-state index in [4.69, 9.17) is 0 Å². The first-order valence-corrected chi connectivity index (χ1v) is 6.89. The quantitative estimate of drug-likeness (QED) is 0.874. The van der Waals surface area contributed by atoms with Crippen molar-refractivity contribution in [3.8, 4) is 0 Å². The van der Waals surface area contributed by atoms with E-state index in [9.17, 15) is 14.7 Å². The molecule has 0 spiro atoms. The van der Waals surface area contributed by atoms with Crippen LogP contribution in [0.5, 0.6) is 0 Å². The Hall–Kier alpha value is -1.88. The maximum Gasteiger partial charge on any atom is 0.320 e. The molecule has 2 rings (SSSR count). The fourth-order valence-electron chi connectivity index (χ4n) is 2.60. The van der Waals surface area contributed by atoms with Crippen LogP contribution >= 0.6 is 0 Å². The van der Waals surface area contributed by atoms with Gasteiger partial charge in [0.25, 0.3) is 5.91 Å². The van der Waals surface area contributed by atoms with Crippen LogP contribution in [0.15, 0.2) is 24.3 Å². The number of carboxylic acid groups (broad SMARTS) is 1. The summed E-state index contributed by atoms with van der Waals surface area (Å²) in [5.41, 5.74) is 1.65. The summed E-state index contributed by atoms with van der Waals surface area (Å²) in [6, 6.07) is 6.93. The fraction of sp³-hybridized carbons (Fsp3) is 0.467. The van der Waals surface area contributed by atoms with E-state index < -0.39 is 5.97 Å². The molecule has 20 heavy (non-hydrogen) atoms. The monoisotopic (exact) mass is 276 g/mol. The number of benzene rings is 1. The van der Waals surface area contributed by atoms with Crippen LogP contribution < -0.4 is 5.32 Å². The number of aliphatic carboxylic acids is 1. The van der Waals surface area contributed by atoms with Crippen molar-refractivity contribution in [2.24, 2.45) is 0 Å². The van der Waals surface area contributed by atoms with Crippen molar-refractivity contribution >= 4 is 11.9 Å². The Labute approximate surface area is 118 Å². The van der Waals surface area contributed by atoms with Crippen LogP contribution in [0.25, 0.3) is 0 Å². The van der Waals surface area contributed by atoms with Crippen molar-refractivity contribution < 1.29 is 14.7 Å². The Bertz CT molecular complexity index is 484. The Balaban J connectivity index is 2.05. The summed E-state index contributed by atoms with van der Waals surface area (Å²) in [5, 5.41) is 11.8. The van der Waals surface area contributed by atoms with E-state index in [1.54, 1.807) is 19.2 Å². The predicted octanol–water partition coefficient (Wildman–Crippen LogP) is 1.49.